The summed E-state index contributed by atoms with van der Waals surface area (Å²) in [5, 5.41) is 3.51. The Kier molecular flexibility index (Phi) is 6.51. The molecular weight excluding hydrogens is 218 g/mol. The van der Waals surface area contributed by atoms with Crippen LogP contribution >= 0.6 is 11.6 Å². The smallest absolute Gasteiger partial charge is 0.0474 e. The lowest BCUT2D eigenvalue weighted by Gasteiger charge is -2.13. The van der Waals surface area contributed by atoms with Crippen molar-refractivity contribution in [3.05, 3.63) is 35.4 Å². The fraction of sp³-hybridized carbons (Fsp3) is 0.571. The third-order valence-electron chi connectivity index (χ3n) is 3.06. The average Bonchev–Trinajstić information content (AvgIpc) is 2.35. The molecule has 0 unspecified atom stereocenters. The van der Waals surface area contributed by atoms with Crippen LogP contribution in [0.2, 0.25) is 0 Å². The van der Waals surface area contributed by atoms with Crippen molar-refractivity contribution < 1.29 is 0 Å². The molecule has 1 aromatic rings. The second kappa shape index (κ2) is 7.70. The van der Waals surface area contributed by atoms with E-state index in [9.17, 15) is 0 Å². The summed E-state index contributed by atoms with van der Waals surface area (Å²) in [4.78, 5) is 0. The van der Waals surface area contributed by atoms with Gasteiger partial charge in [-0.1, -0.05) is 51.0 Å². The molecular formula is C14H22ClN. The van der Waals surface area contributed by atoms with Crippen LogP contribution < -0.4 is 5.32 Å². The first-order valence-corrected chi connectivity index (χ1v) is 6.68. The summed E-state index contributed by atoms with van der Waals surface area (Å²) in [5.74, 6) is 1.40. The topological polar surface area (TPSA) is 12.0 Å². The zero-order valence-electron chi connectivity index (χ0n) is 10.3. The fourth-order valence-corrected chi connectivity index (χ4v) is 1.99. The third kappa shape index (κ3) is 4.54. The Labute approximate surface area is 104 Å². The molecule has 0 saturated carbocycles. The molecule has 1 rings (SSSR count). The number of alkyl halides is 1. The van der Waals surface area contributed by atoms with Gasteiger partial charge in [-0.15, -0.1) is 11.6 Å². The summed E-state index contributed by atoms with van der Waals surface area (Å²) in [7, 11) is 0. The highest BCUT2D eigenvalue weighted by Gasteiger charge is 2.02. The Balaban J connectivity index is 2.36. The maximum absolute atomic E-state index is 5.81. The predicted octanol–water partition coefficient (Wildman–Crippen LogP) is 3.95. The van der Waals surface area contributed by atoms with Crippen molar-refractivity contribution in [2.24, 2.45) is 5.92 Å². The summed E-state index contributed by atoms with van der Waals surface area (Å²) in [6, 6.07) is 8.46. The van der Waals surface area contributed by atoms with Gasteiger partial charge in [0.05, 0.1) is 0 Å². The van der Waals surface area contributed by atoms with Gasteiger partial charge in [0.25, 0.3) is 0 Å². The van der Waals surface area contributed by atoms with Crippen molar-refractivity contribution in [1.29, 1.82) is 0 Å². The van der Waals surface area contributed by atoms with Crippen LogP contribution in [0.3, 0.4) is 0 Å². The van der Waals surface area contributed by atoms with Gasteiger partial charge in [-0.05, 0) is 23.6 Å². The first kappa shape index (κ1) is 13.5. The maximum atomic E-state index is 5.81. The molecule has 0 aliphatic heterocycles. The molecule has 1 nitrogen and oxygen atoms in total. The van der Waals surface area contributed by atoms with Gasteiger partial charge in [0.2, 0.25) is 0 Å². The second-order valence-electron chi connectivity index (χ2n) is 4.27. The lowest BCUT2D eigenvalue weighted by atomic mass is 10.0. The van der Waals surface area contributed by atoms with Crippen molar-refractivity contribution in [3.63, 3.8) is 0 Å². The van der Waals surface area contributed by atoms with E-state index < -0.39 is 0 Å². The fourth-order valence-electron chi connectivity index (χ4n) is 1.82. The van der Waals surface area contributed by atoms with Crippen LogP contribution in [0.4, 0.5) is 0 Å². The van der Waals surface area contributed by atoms with Gasteiger partial charge in [0.1, 0.15) is 0 Å². The zero-order chi connectivity index (χ0) is 11.8. The van der Waals surface area contributed by atoms with Gasteiger partial charge in [-0.2, -0.15) is 0 Å². The van der Waals surface area contributed by atoms with Crippen LogP contribution in [-0.4, -0.2) is 6.54 Å². The van der Waals surface area contributed by atoms with Gasteiger partial charge < -0.3 is 5.32 Å². The monoisotopic (exact) mass is 239 g/mol. The van der Waals surface area contributed by atoms with E-state index in [4.69, 9.17) is 11.6 Å². The summed E-state index contributed by atoms with van der Waals surface area (Å²) in [6.45, 7) is 6.56. The Hall–Kier alpha value is -0.530. The molecule has 90 valence electrons. The molecule has 0 saturated heterocycles. The summed E-state index contributed by atoms with van der Waals surface area (Å²) < 4.78 is 0. The molecule has 16 heavy (non-hydrogen) atoms. The normalized spacial score (nSPS) is 11.0. The van der Waals surface area contributed by atoms with Gasteiger partial charge >= 0.3 is 0 Å². The second-order valence-corrected chi connectivity index (χ2v) is 4.53. The minimum absolute atomic E-state index is 0.598. The number of rotatable bonds is 7. The van der Waals surface area contributed by atoms with Gasteiger partial charge in [-0.3, -0.25) is 0 Å². The summed E-state index contributed by atoms with van der Waals surface area (Å²) >= 11 is 5.81. The van der Waals surface area contributed by atoms with Crippen LogP contribution in [0.15, 0.2) is 24.3 Å². The molecule has 0 spiro atoms. The van der Waals surface area contributed by atoms with E-state index in [0.717, 1.165) is 19.0 Å². The minimum atomic E-state index is 0.598. The Bertz CT molecular complexity index is 295. The molecule has 2 heteroatoms. The number of nitrogens with one attached hydrogen (secondary N) is 1. The summed E-state index contributed by atoms with van der Waals surface area (Å²) in [6.07, 6.45) is 2.51. The van der Waals surface area contributed by atoms with Crippen molar-refractivity contribution >= 4 is 11.6 Å². The van der Waals surface area contributed by atoms with Crippen LogP contribution in [0.1, 0.15) is 37.8 Å². The SMILES string of the molecule is CCC(CC)CNCc1cccc(CCl)c1. The molecule has 1 aromatic carbocycles. The van der Waals surface area contributed by atoms with Crippen molar-refractivity contribution in [1.82, 2.24) is 5.32 Å². The lowest BCUT2D eigenvalue weighted by Crippen LogP contribution is -2.21. The first-order valence-electron chi connectivity index (χ1n) is 6.14. The van der Waals surface area contributed by atoms with Crippen LogP contribution in [0.25, 0.3) is 0 Å². The first-order chi connectivity index (χ1) is 7.80. The molecule has 0 aliphatic rings. The minimum Gasteiger partial charge on any atom is -0.312 e. The number of halogens is 1. The predicted molar refractivity (Wildman–Crippen MR) is 71.8 cm³/mol. The average molecular weight is 240 g/mol. The van der Waals surface area contributed by atoms with E-state index in [1.807, 2.05) is 0 Å². The molecule has 0 atom stereocenters. The lowest BCUT2D eigenvalue weighted by molar-refractivity contribution is 0.449. The molecule has 0 aliphatic carbocycles. The van der Waals surface area contributed by atoms with E-state index in [1.165, 1.54) is 24.0 Å². The third-order valence-corrected chi connectivity index (χ3v) is 3.37. The quantitative estimate of drug-likeness (QED) is 0.711. The van der Waals surface area contributed by atoms with Crippen molar-refractivity contribution in [2.45, 2.75) is 39.1 Å². The highest BCUT2D eigenvalue weighted by molar-refractivity contribution is 6.17. The van der Waals surface area contributed by atoms with Crippen molar-refractivity contribution in [3.8, 4) is 0 Å². The highest BCUT2D eigenvalue weighted by Crippen LogP contribution is 2.09. The van der Waals surface area contributed by atoms with Crippen LogP contribution in [0.5, 0.6) is 0 Å². The maximum Gasteiger partial charge on any atom is 0.0474 e. The molecule has 0 amide bonds. The largest absolute Gasteiger partial charge is 0.312 e. The van der Waals surface area contributed by atoms with Crippen LogP contribution in [0, 0.1) is 5.92 Å². The number of hydrogen-bond donors (Lipinski definition) is 1. The molecule has 0 heterocycles. The van der Waals surface area contributed by atoms with Crippen molar-refractivity contribution in [2.75, 3.05) is 6.54 Å². The Morgan fingerprint density at radius 3 is 2.50 bits per heavy atom. The van der Waals surface area contributed by atoms with E-state index >= 15 is 0 Å². The number of benzene rings is 1. The summed E-state index contributed by atoms with van der Waals surface area (Å²) in [5.41, 5.74) is 2.52. The number of hydrogen-bond acceptors (Lipinski definition) is 1. The van der Waals surface area contributed by atoms with Gasteiger partial charge in [0.15, 0.2) is 0 Å². The van der Waals surface area contributed by atoms with E-state index in [2.05, 4.69) is 43.4 Å². The molecule has 0 radical (unpaired) electrons. The van der Waals surface area contributed by atoms with E-state index in [0.29, 0.717) is 5.88 Å². The van der Waals surface area contributed by atoms with E-state index in [1.54, 1.807) is 0 Å². The van der Waals surface area contributed by atoms with E-state index in [-0.39, 0.29) is 0 Å². The molecule has 0 fully saturated rings. The van der Waals surface area contributed by atoms with Gasteiger partial charge in [0, 0.05) is 12.4 Å². The Morgan fingerprint density at radius 1 is 1.19 bits per heavy atom. The molecule has 0 aromatic heterocycles. The Morgan fingerprint density at radius 2 is 1.88 bits per heavy atom. The molecule has 0 bridgehead atoms. The zero-order valence-corrected chi connectivity index (χ0v) is 11.1. The van der Waals surface area contributed by atoms with Crippen LogP contribution in [-0.2, 0) is 12.4 Å². The highest BCUT2D eigenvalue weighted by atomic mass is 35.5. The molecule has 1 N–H and O–H groups in total. The van der Waals surface area contributed by atoms with Gasteiger partial charge in [-0.25, -0.2) is 0 Å². The standard InChI is InChI=1S/C14H22ClN/c1-3-12(4-2)10-16-11-14-7-5-6-13(8-14)9-15/h5-8,12,16H,3-4,9-11H2,1-2H3.